The number of piperidine rings is 1. The summed E-state index contributed by atoms with van der Waals surface area (Å²) in [6.07, 6.45) is 6.80. The molecule has 1 amide bonds. The maximum Gasteiger partial charge on any atom is 0.228 e. The minimum Gasteiger partial charge on any atom is -0.341 e. The van der Waals surface area contributed by atoms with Crippen LogP contribution in [0.15, 0.2) is 24.5 Å². The molecule has 2 aliphatic heterocycles. The van der Waals surface area contributed by atoms with Crippen LogP contribution in [0.1, 0.15) is 24.8 Å². The molecule has 0 aromatic carbocycles. The second-order valence-electron chi connectivity index (χ2n) is 7.26. The molecule has 1 spiro atoms. The van der Waals surface area contributed by atoms with E-state index in [-0.39, 0.29) is 5.41 Å². The maximum atomic E-state index is 12.8. The number of aromatic nitrogens is 1. The van der Waals surface area contributed by atoms with Crippen molar-refractivity contribution < 1.29 is 4.79 Å². The predicted molar refractivity (Wildman–Crippen MR) is 90.9 cm³/mol. The Labute approximate surface area is 139 Å². The first-order valence-electron chi connectivity index (χ1n) is 8.64. The lowest BCUT2D eigenvalue weighted by Gasteiger charge is -2.38. The first-order valence-corrected chi connectivity index (χ1v) is 8.64. The Morgan fingerprint density at radius 3 is 2.61 bits per heavy atom. The van der Waals surface area contributed by atoms with Crippen LogP contribution < -0.4 is 0 Å². The number of carbonyl (C=O) groups is 1. The Balaban J connectivity index is 1.53. The van der Waals surface area contributed by atoms with E-state index >= 15 is 0 Å². The molecule has 3 heterocycles. The van der Waals surface area contributed by atoms with Gasteiger partial charge in [-0.3, -0.25) is 14.7 Å². The van der Waals surface area contributed by atoms with Crippen molar-refractivity contribution in [1.82, 2.24) is 19.7 Å². The molecule has 0 bridgehead atoms. The quantitative estimate of drug-likeness (QED) is 0.824. The fourth-order valence-electron chi connectivity index (χ4n) is 3.78. The van der Waals surface area contributed by atoms with E-state index in [9.17, 15) is 4.79 Å². The highest BCUT2D eigenvalue weighted by Crippen LogP contribution is 2.41. The zero-order valence-corrected chi connectivity index (χ0v) is 14.4. The summed E-state index contributed by atoms with van der Waals surface area (Å²) >= 11 is 0. The number of likely N-dealkylation sites (tertiary alicyclic amines) is 2. The van der Waals surface area contributed by atoms with Crippen molar-refractivity contribution in [3.8, 4) is 0 Å². The van der Waals surface area contributed by atoms with E-state index < -0.39 is 0 Å². The van der Waals surface area contributed by atoms with Crippen LogP contribution in [-0.2, 0) is 11.3 Å². The van der Waals surface area contributed by atoms with Gasteiger partial charge >= 0.3 is 0 Å². The van der Waals surface area contributed by atoms with Gasteiger partial charge in [0.1, 0.15) is 0 Å². The summed E-state index contributed by atoms with van der Waals surface area (Å²) in [5.41, 5.74) is 1.19. The SMILES string of the molecule is CN(C)CCN1CCC2(CCN(Cc3cccnc3)CC2)C1=O. The Bertz CT molecular complexity index is 523. The van der Waals surface area contributed by atoms with E-state index in [1.54, 1.807) is 0 Å². The molecule has 0 saturated carbocycles. The van der Waals surface area contributed by atoms with Gasteiger partial charge in [-0.25, -0.2) is 0 Å². The van der Waals surface area contributed by atoms with Gasteiger partial charge in [0.05, 0.1) is 5.41 Å². The van der Waals surface area contributed by atoms with Gasteiger partial charge < -0.3 is 9.80 Å². The fraction of sp³-hybridized carbons (Fsp3) is 0.667. The lowest BCUT2D eigenvalue weighted by atomic mass is 9.77. The van der Waals surface area contributed by atoms with Crippen LogP contribution in [0.5, 0.6) is 0 Å². The number of rotatable bonds is 5. The lowest BCUT2D eigenvalue weighted by molar-refractivity contribution is -0.138. The van der Waals surface area contributed by atoms with Crippen molar-refractivity contribution in [2.75, 3.05) is 46.8 Å². The second-order valence-corrected chi connectivity index (χ2v) is 7.26. The van der Waals surface area contributed by atoms with Gasteiger partial charge in [-0.1, -0.05) is 6.07 Å². The number of likely N-dealkylation sites (N-methyl/N-ethyl adjacent to an activating group) is 1. The van der Waals surface area contributed by atoms with Crippen molar-refractivity contribution in [2.24, 2.45) is 5.41 Å². The molecular weight excluding hydrogens is 288 g/mol. The Morgan fingerprint density at radius 2 is 1.96 bits per heavy atom. The summed E-state index contributed by atoms with van der Waals surface area (Å²) in [4.78, 5) is 23.7. The molecule has 1 aromatic heterocycles. The van der Waals surface area contributed by atoms with Crippen molar-refractivity contribution in [2.45, 2.75) is 25.8 Å². The number of hydrogen-bond acceptors (Lipinski definition) is 4. The van der Waals surface area contributed by atoms with Crippen LogP contribution in [0.2, 0.25) is 0 Å². The van der Waals surface area contributed by atoms with Crippen LogP contribution in [0.25, 0.3) is 0 Å². The first kappa shape index (κ1) is 16.4. The number of nitrogens with zero attached hydrogens (tertiary/aromatic N) is 4. The van der Waals surface area contributed by atoms with Gasteiger partial charge in [0.2, 0.25) is 5.91 Å². The van der Waals surface area contributed by atoms with Crippen molar-refractivity contribution >= 4 is 5.91 Å². The minimum atomic E-state index is -0.0717. The van der Waals surface area contributed by atoms with Crippen LogP contribution >= 0.6 is 0 Å². The molecule has 0 unspecified atom stereocenters. The fourth-order valence-corrected chi connectivity index (χ4v) is 3.78. The summed E-state index contributed by atoms with van der Waals surface area (Å²) in [5, 5.41) is 0. The molecule has 3 rings (SSSR count). The molecule has 2 fully saturated rings. The smallest absolute Gasteiger partial charge is 0.228 e. The monoisotopic (exact) mass is 316 g/mol. The second kappa shape index (κ2) is 6.97. The average molecular weight is 316 g/mol. The maximum absolute atomic E-state index is 12.8. The molecule has 0 aliphatic carbocycles. The van der Waals surface area contributed by atoms with E-state index in [1.807, 2.05) is 18.5 Å². The van der Waals surface area contributed by atoms with E-state index in [0.29, 0.717) is 5.91 Å². The van der Waals surface area contributed by atoms with Crippen LogP contribution in [0.3, 0.4) is 0 Å². The lowest BCUT2D eigenvalue weighted by Crippen LogP contribution is -2.45. The van der Waals surface area contributed by atoms with Gasteiger partial charge in [-0.2, -0.15) is 0 Å². The molecule has 2 saturated heterocycles. The van der Waals surface area contributed by atoms with Crippen LogP contribution in [0, 0.1) is 5.41 Å². The van der Waals surface area contributed by atoms with Crippen LogP contribution in [0.4, 0.5) is 0 Å². The van der Waals surface area contributed by atoms with Crippen molar-refractivity contribution in [3.63, 3.8) is 0 Å². The highest BCUT2D eigenvalue weighted by atomic mass is 16.2. The summed E-state index contributed by atoms with van der Waals surface area (Å²) in [6, 6.07) is 4.12. The molecule has 0 N–H and O–H groups in total. The molecule has 0 radical (unpaired) electrons. The summed E-state index contributed by atoms with van der Waals surface area (Å²) < 4.78 is 0. The van der Waals surface area contributed by atoms with Gasteiger partial charge in [0, 0.05) is 38.6 Å². The third-order valence-corrected chi connectivity index (χ3v) is 5.36. The highest BCUT2D eigenvalue weighted by molar-refractivity contribution is 5.85. The number of carbonyl (C=O) groups excluding carboxylic acids is 1. The number of hydrogen-bond donors (Lipinski definition) is 0. The first-order chi connectivity index (χ1) is 11.1. The standard InChI is InChI=1S/C18H28N4O/c1-20(2)12-13-22-11-7-18(17(22)23)5-9-21(10-6-18)15-16-4-3-8-19-14-16/h3-4,8,14H,5-7,9-13,15H2,1-2H3. The molecule has 2 aliphatic rings. The topological polar surface area (TPSA) is 39.7 Å². The third kappa shape index (κ3) is 3.72. The Morgan fingerprint density at radius 1 is 1.22 bits per heavy atom. The van der Waals surface area contributed by atoms with E-state index in [0.717, 1.165) is 58.5 Å². The van der Waals surface area contributed by atoms with Crippen molar-refractivity contribution in [3.05, 3.63) is 30.1 Å². The highest BCUT2D eigenvalue weighted by Gasteiger charge is 2.47. The molecule has 126 valence electrons. The van der Waals surface area contributed by atoms with Gasteiger partial charge in [-0.15, -0.1) is 0 Å². The van der Waals surface area contributed by atoms with E-state index in [4.69, 9.17) is 0 Å². The summed E-state index contributed by atoms with van der Waals surface area (Å²) in [7, 11) is 4.13. The molecule has 5 nitrogen and oxygen atoms in total. The molecule has 23 heavy (non-hydrogen) atoms. The number of amides is 1. The van der Waals surface area contributed by atoms with Crippen LogP contribution in [-0.4, -0.2) is 72.4 Å². The predicted octanol–water partition coefficient (Wildman–Crippen LogP) is 1.46. The largest absolute Gasteiger partial charge is 0.341 e. The third-order valence-electron chi connectivity index (χ3n) is 5.36. The molecule has 0 atom stereocenters. The average Bonchev–Trinajstić information content (AvgIpc) is 2.85. The van der Waals surface area contributed by atoms with Gasteiger partial charge in [-0.05, 0) is 58.1 Å². The molecule has 1 aromatic rings. The Kier molecular flexibility index (Phi) is 4.97. The summed E-state index contributed by atoms with van der Waals surface area (Å²) in [6.45, 7) is 5.74. The van der Waals surface area contributed by atoms with Crippen molar-refractivity contribution in [1.29, 1.82) is 0 Å². The molecular formula is C18H28N4O. The van der Waals surface area contributed by atoms with E-state index in [1.165, 1.54) is 5.56 Å². The molecule has 5 heteroatoms. The summed E-state index contributed by atoms with van der Waals surface area (Å²) in [5.74, 6) is 0.403. The minimum absolute atomic E-state index is 0.0717. The number of pyridine rings is 1. The normalized spacial score (nSPS) is 21.5. The van der Waals surface area contributed by atoms with E-state index in [2.05, 4.69) is 39.8 Å². The zero-order chi connectivity index (χ0) is 16.3. The van der Waals surface area contributed by atoms with Gasteiger partial charge in [0.15, 0.2) is 0 Å². The Hall–Kier alpha value is -1.46. The van der Waals surface area contributed by atoms with Gasteiger partial charge in [0.25, 0.3) is 0 Å². The zero-order valence-electron chi connectivity index (χ0n) is 14.4.